The van der Waals surface area contributed by atoms with Gasteiger partial charge in [0.2, 0.25) is 0 Å². The topological polar surface area (TPSA) is 96.8 Å². The number of pyridine rings is 1. The summed E-state index contributed by atoms with van der Waals surface area (Å²) in [6.45, 7) is 0.615. The molecule has 140 valence electrons. The van der Waals surface area contributed by atoms with Crippen molar-refractivity contribution in [2.24, 2.45) is 0 Å². The molecular formula is C19H17ClN2O5. The second-order valence-electron chi connectivity index (χ2n) is 6.75. The normalized spacial score (nSPS) is 27.2. The third-order valence-electron chi connectivity index (χ3n) is 4.93. The number of aliphatic hydroxyl groups is 1. The van der Waals surface area contributed by atoms with Crippen molar-refractivity contribution in [2.75, 3.05) is 13.2 Å². The number of hydrogen-bond acceptors (Lipinski definition) is 6. The molecule has 0 amide bonds. The van der Waals surface area contributed by atoms with Crippen molar-refractivity contribution in [3.8, 4) is 22.9 Å². The molecule has 0 aliphatic carbocycles. The second-order valence-corrected chi connectivity index (χ2v) is 7.16. The van der Waals surface area contributed by atoms with Crippen LogP contribution in [0.5, 0.6) is 11.6 Å². The number of H-pyrrole nitrogens is 1. The number of aromatic amines is 1. The van der Waals surface area contributed by atoms with Crippen LogP contribution < -0.4 is 4.74 Å². The van der Waals surface area contributed by atoms with Gasteiger partial charge in [0.15, 0.2) is 12.0 Å². The first kappa shape index (κ1) is 16.8. The molecular weight excluding hydrogens is 372 g/mol. The molecule has 0 spiro atoms. The number of phenols is 1. The van der Waals surface area contributed by atoms with Gasteiger partial charge in [0.05, 0.1) is 35.0 Å². The van der Waals surface area contributed by atoms with Crippen LogP contribution in [0.15, 0.2) is 36.4 Å². The number of aliphatic hydroxyl groups excluding tert-OH is 1. The molecule has 7 nitrogen and oxygen atoms in total. The van der Waals surface area contributed by atoms with E-state index in [1.807, 2.05) is 0 Å². The average molecular weight is 389 g/mol. The Kier molecular flexibility index (Phi) is 3.98. The SMILES string of the molecule is Oc1ccc(-c2nc3cc(O[C@@H]4CO[C@H]5[C@@H]4OC[C@H]5O)[nH]c3cc2Cl)cc1. The van der Waals surface area contributed by atoms with E-state index in [1.54, 1.807) is 36.4 Å². The molecule has 2 aromatic heterocycles. The summed E-state index contributed by atoms with van der Waals surface area (Å²) in [6.07, 6.45) is -1.53. The van der Waals surface area contributed by atoms with Crippen LogP contribution in [0.4, 0.5) is 0 Å². The molecule has 2 fully saturated rings. The van der Waals surface area contributed by atoms with E-state index in [4.69, 9.17) is 25.8 Å². The number of halogens is 1. The molecule has 0 radical (unpaired) electrons. The van der Waals surface area contributed by atoms with E-state index in [2.05, 4.69) is 9.97 Å². The Labute approximate surface area is 159 Å². The molecule has 0 bridgehead atoms. The van der Waals surface area contributed by atoms with Crippen molar-refractivity contribution in [3.63, 3.8) is 0 Å². The van der Waals surface area contributed by atoms with E-state index in [0.29, 0.717) is 28.7 Å². The number of fused-ring (bicyclic) bond motifs is 2. The fourth-order valence-corrected chi connectivity index (χ4v) is 3.86. The van der Waals surface area contributed by atoms with Gasteiger partial charge in [-0.15, -0.1) is 0 Å². The molecule has 1 aromatic carbocycles. The van der Waals surface area contributed by atoms with Gasteiger partial charge in [-0.05, 0) is 30.3 Å². The molecule has 3 aromatic rings. The predicted molar refractivity (Wildman–Crippen MR) is 98.1 cm³/mol. The van der Waals surface area contributed by atoms with Crippen molar-refractivity contribution in [2.45, 2.75) is 24.4 Å². The van der Waals surface area contributed by atoms with Crippen LogP contribution in [0.2, 0.25) is 5.02 Å². The standard InChI is InChI=1S/C19H17ClN2O5/c20-11-5-12-13(22-17(11)9-1-3-10(23)4-2-9)6-16(21-12)27-15-8-26-18-14(24)7-25-19(15)18/h1-6,14-15,18-19,21,23-24H,7-8H2/t14-,15-,18-,19-/m1/s1. The van der Waals surface area contributed by atoms with Crippen molar-refractivity contribution < 1.29 is 24.4 Å². The molecule has 2 aliphatic rings. The summed E-state index contributed by atoms with van der Waals surface area (Å²) >= 11 is 6.39. The molecule has 5 rings (SSSR count). The van der Waals surface area contributed by atoms with Gasteiger partial charge >= 0.3 is 0 Å². The fraction of sp³-hybridized carbons (Fsp3) is 0.316. The highest BCUT2D eigenvalue weighted by Gasteiger charge is 2.48. The summed E-state index contributed by atoms with van der Waals surface area (Å²) < 4.78 is 17.2. The maximum absolute atomic E-state index is 9.83. The first-order chi connectivity index (χ1) is 13.1. The minimum Gasteiger partial charge on any atom is -0.508 e. The van der Waals surface area contributed by atoms with Crippen LogP contribution in [-0.2, 0) is 9.47 Å². The Hall–Kier alpha value is -2.32. The summed E-state index contributed by atoms with van der Waals surface area (Å²) in [4.78, 5) is 7.78. The van der Waals surface area contributed by atoms with E-state index >= 15 is 0 Å². The van der Waals surface area contributed by atoms with Gasteiger partial charge < -0.3 is 29.4 Å². The van der Waals surface area contributed by atoms with Crippen molar-refractivity contribution in [1.82, 2.24) is 9.97 Å². The highest BCUT2D eigenvalue weighted by atomic mass is 35.5. The number of hydrogen-bond donors (Lipinski definition) is 3. The predicted octanol–water partition coefficient (Wildman–Crippen LogP) is 2.49. The Morgan fingerprint density at radius 3 is 2.70 bits per heavy atom. The molecule has 4 atom stereocenters. The lowest BCUT2D eigenvalue weighted by Crippen LogP contribution is -2.34. The van der Waals surface area contributed by atoms with Crippen LogP contribution in [0.25, 0.3) is 22.3 Å². The molecule has 4 heterocycles. The van der Waals surface area contributed by atoms with Gasteiger partial charge in [-0.3, -0.25) is 0 Å². The lowest BCUT2D eigenvalue weighted by molar-refractivity contribution is 0.00794. The van der Waals surface area contributed by atoms with Crippen molar-refractivity contribution in [1.29, 1.82) is 0 Å². The number of benzene rings is 1. The van der Waals surface area contributed by atoms with Gasteiger partial charge in [-0.1, -0.05) is 11.6 Å². The molecule has 3 N–H and O–H groups in total. The minimum atomic E-state index is -0.611. The largest absolute Gasteiger partial charge is 0.508 e. The van der Waals surface area contributed by atoms with E-state index in [1.165, 1.54) is 0 Å². The summed E-state index contributed by atoms with van der Waals surface area (Å²) in [7, 11) is 0. The van der Waals surface area contributed by atoms with E-state index in [9.17, 15) is 10.2 Å². The van der Waals surface area contributed by atoms with E-state index < -0.39 is 6.10 Å². The molecule has 2 saturated heterocycles. The zero-order valence-electron chi connectivity index (χ0n) is 14.1. The Morgan fingerprint density at radius 1 is 1.11 bits per heavy atom. The number of rotatable bonds is 3. The van der Waals surface area contributed by atoms with Crippen LogP contribution in [0, 0.1) is 0 Å². The maximum atomic E-state index is 9.83. The van der Waals surface area contributed by atoms with E-state index in [0.717, 1.165) is 11.1 Å². The smallest absolute Gasteiger partial charge is 0.193 e. The minimum absolute atomic E-state index is 0.185. The zero-order chi connectivity index (χ0) is 18.5. The lowest BCUT2D eigenvalue weighted by Gasteiger charge is -2.16. The highest BCUT2D eigenvalue weighted by Crippen LogP contribution is 2.33. The van der Waals surface area contributed by atoms with Crippen LogP contribution in [-0.4, -0.2) is 57.8 Å². The van der Waals surface area contributed by atoms with Gasteiger partial charge in [0.25, 0.3) is 0 Å². The monoisotopic (exact) mass is 388 g/mol. The Morgan fingerprint density at radius 2 is 1.89 bits per heavy atom. The van der Waals surface area contributed by atoms with Crippen LogP contribution in [0.1, 0.15) is 0 Å². The number of nitrogens with one attached hydrogen (secondary N) is 1. The third-order valence-corrected chi connectivity index (χ3v) is 5.22. The number of aromatic hydroxyl groups is 1. The fourth-order valence-electron chi connectivity index (χ4n) is 3.60. The zero-order valence-corrected chi connectivity index (χ0v) is 14.9. The first-order valence-corrected chi connectivity index (χ1v) is 9.03. The maximum Gasteiger partial charge on any atom is 0.193 e. The Bertz CT molecular complexity index is 990. The van der Waals surface area contributed by atoms with Gasteiger partial charge in [0.1, 0.15) is 24.1 Å². The van der Waals surface area contributed by atoms with Crippen molar-refractivity contribution in [3.05, 3.63) is 41.4 Å². The first-order valence-electron chi connectivity index (χ1n) is 8.65. The molecule has 27 heavy (non-hydrogen) atoms. The summed E-state index contributed by atoms with van der Waals surface area (Å²) in [6, 6.07) is 10.3. The molecule has 0 saturated carbocycles. The number of aromatic nitrogens is 2. The summed E-state index contributed by atoms with van der Waals surface area (Å²) in [5, 5.41) is 19.8. The van der Waals surface area contributed by atoms with Gasteiger partial charge in [-0.2, -0.15) is 0 Å². The number of ether oxygens (including phenoxy) is 3. The molecule has 0 unspecified atom stereocenters. The number of phenolic OH excluding ortho intramolecular Hbond substituents is 1. The summed E-state index contributed by atoms with van der Waals surface area (Å²) in [5.41, 5.74) is 2.89. The summed E-state index contributed by atoms with van der Waals surface area (Å²) in [5.74, 6) is 0.722. The molecule has 2 aliphatic heterocycles. The third kappa shape index (κ3) is 2.93. The Balaban J connectivity index is 1.43. The lowest BCUT2D eigenvalue weighted by atomic mass is 10.1. The molecule has 8 heteroatoms. The number of nitrogens with zero attached hydrogens (tertiary/aromatic N) is 1. The van der Waals surface area contributed by atoms with Gasteiger partial charge in [-0.25, -0.2) is 4.98 Å². The highest BCUT2D eigenvalue weighted by molar-refractivity contribution is 6.33. The van der Waals surface area contributed by atoms with Gasteiger partial charge in [0, 0.05) is 11.6 Å². The van der Waals surface area contributed by atoms with Crippen LogP contribution in [0.3, 0.4) is 0 Å². The average Bonchev–Trinajstić information content (AvgIpc) is 3.33. The van der Waals surface area contributed by atoms with E-state index in [-0.39, 0.29) is 30.7 Å². The second kappa shape index (κ2) is 6.38. The quantitative estimate of drug-likeness (QED) is 0.638. The van der Waals surface area contributed by atoms with Crippen LogP contribution >= 0.6 is 11.6 Å². The van der Waals surface area contributed by atoms with Crippen molar-refractivity contribution >= 4 is 22.6 Å².